The van der Waals surface area contributed by atoms with E-state index in [0.717, 1.165) is 5.56 Å². The minimum atomic E-state index is -0.473. The maximum Gasteiger partial charge on any atom is 0.275 e. The van der Waals surface area contributed by atoms with Gasteiger partial charge in [0, 0.05) is 6.07 Å². The van der Waals surface area contributed by atoms with Crippen molar-refractivity contribution in [2.75, 3.05) is 5.73 Å². The van der Waals surface area contributed by atoms with Crippen molar-refractivity contribution in [3.63, 3.8) is 0 Å². The fourth-order valence-electron chi connectivity index (χ4n) is 2.23. The number of nitro groups is 1. The van der Waals surface area contributed by atoms with Gasteiger partial charge >= 0.3 is 0 Å². The fraction of sp³-hybridized carbons (Fsp3) is 0.118. The predicted octanol–water partition coefficient (Wildman–Crippen LogP) is 2.67. The maximum atomic E-state index is 11.1. The lowest BCUT2D eigenvalue weighted by Gasteiger charge is -2.09. The van der Waals surface area contributed by atoms with Crippen LogP contribution in [0.4, 0.5) is 17.2 Å². The first-order valence-corrected chi connectivity index (χ1v) is 7.88. The van der Waals surface area contributed by atoms with E-state index in [4.69, 9.17) is 10.6 Å². The van der Waals surface area contributed by atoms with Gasteiger partial charge in [-0.2, -0.15) is 0 Å². The number of anilines is 1. The first kappa shape index (κ1) is 18.0. The summed E-state index contributed by atoms with van der Waals surface area (Å²) in [5, 5.41) is 18.3. The number of aryl methyl sites for hydroxylation is 1. The molecular weight excluding hydrogens is 352 g/mol. The number of rotatable bonds is 6. The molecule has 3 aromatic rings. The van der Waals surface area contributed by atoms with Gasteiger partial charge in [-0.3, -0.25) is 15.0 Å². The number of amidine groups is 1. The molecule has 0 bridgehead atoms. The number of benzene rings is 2. The maximum absolute atomic E-state index is 11.1. The number of nitrogens with one attached hydrogen (secondary N) is 1. The Hall–Kier alpha value is -3.79. The Morgan fingerprint density at radius 2 is 2.00 bits per heavy atom. The monoisotopic (exact) mass is 368 g/mol. The third kappa shape index (κ3) is 4.44. The number of nitrogens with two attached hydrogens (primary N) is 1. The molecule has 0 aliphatic rings. The van der Waals surface area contributed by atoms with Gasteiger partial charge in [0.25, 0.3) is 5.69 Å². The summed E-state index contributed by atoms with van der Waals surface area (Å²) in [4.78, 5) is 20.4. The number of hydrogen-bond donors (Lipinski definition) is 2. The minimum Gasteiger partial charge on any atom is -0.379 e. The highest BCUT2D eigenvalue weighted by Crippen LogP contribution is 2.19. The highest BCUT2D eigenvalue weighted by molar-refractivity contribution is 6.01. The average Bonchev–Trinajstić information content (AvgIpc) is 3.09. The van der Waals surface area contributed by atoms with Gasteiger partial charge in [0.05, 0.1) is 16.2 Å². The smallest absolute Gasteiger partial charge is 0.275 e. The van der Waals surface area contributed by atoms with Gasteiger partial charge in [-0.15, -0.1) is 0 Å². The molecule has 1 aromatic heterocycles. The van der Waals surface area contributed by atoms with Crippen molar-refractivity contribution in [2.45, 2.75) is 13.5 Å². The van der Waals surface area contributed by atoms with E-state index in [1.54, 1.807) is 18.2 Å². The molecule has 0 saturated heterocycles. The number of aromatic nitrogens is 2. The van der Waals surface area contributed by atoms with Gasteiger partial charge in [0.2, 0.25) is 0 Å². The Balaban J connectivity index is 1.80. The van der Waals surface area contributed by atoms with Gasteiger partial charge in [-0.25, -0.2) is 15.1 Å². The fourth-order valence-corrected chi connectivity index (χ4v) is 2.23. The van der Waals surface area contributed by atoms with Crippen LogP contribution in [0.15, 0.2) is 58.2 Å². The van der Waals surface area contributed by atoms with Crippen LogP contribution in [0.1, 0.15) is 16.8 Å². The van der Waals surface area contributed by atoms with Crippen molar-refractivity contribution in [3.8, 4) is 0 Å². The van der Waals surface area contributed by atoms with Crippen LogP contribution < -0.4 is 11.2 Å². The molecule has 1 heterocycles. The van der Waals surface area contributed by atoms with Crippen LogP contribution in [-0.4, -0.2) is 21.1 Å². The lowest BCUT2D eigenvalue weighted by atomic mass is 10.2. The van der Waals surface area contributed by atoms with E-state index in [-0.39, 0.29) is 29.6 Å². The molecule has 0 unspecified atom stereocenters. The highest BCUT2D eigenvalue weighted by Gasteiger charge is 2.16. The highest BCUT2D eigenvalue weighted by atomic mass is 16.6. The zero-order valence-electron chi connectivity index (χ0n) is 14.3. The minimum absolute atomic E-state index is 0.0302. The number of para-hydroxylation sites is 1. The number of aliphatic imine (C=N–C) groups is 1. The van der Waals surface area contributed by atoms with Crippen LogP contribution in [0.25, 0.3) is 0 Å². The quantitative estimate of drug-likeness (QED) is 0.293. The summed E-state index contributed by atoms with van der Waals surface area (Å²) in [6.45, 7) is 1.89. The summed E-state index contributed by atoms with van der Waals surface area (Å²) >= 11 is 0. The summed E-state index contributed by atoms with van der Waals surface area (Å²) in [5.74, 6) is 0.193. The average molecular weight is 368 g/mol. The van der Waals surface area contributed by atoms with Gasteiger partial charge in [0.15, 0.2) is 17.3 Å². The van der Waals surface area contributed by atoms with Crippen molar-refractivity contribution in [2.24, 2.45) is 4.99 Å². The van der Waals surface area contributed by atoms with Crippen LogP contribution in [0.5, 0.6) is 0 Å². The van der Waals surface area contributed by atoms with Crippen molar-refractivity contribution >= 4 is 23.0 Å². The van der Waals surface area contributed by atoms with Crippen LogP contribution in [0.3, 0.4) is 0 Å². The lowest BCUT2D eigenvalue weighted by molar-refractivity contribution is -0.386. The molecule has 10 heteroatoms. The van der Waals surface area contributed by atoms with E-state index in [0.29, 0.717) is 11.3 Å². The largest absolute Gasteiger partial charge is 0.379 e. The third-order valence-electron chi connectivity index (χ3n) is 3.60. The third-order valence-corrected chi connectivity index (χ3v) is 3.60. The van der Waals surface area contributed by atoms with E-state index < -0.39 is 4.92 Å². The molecule has 0 aliphatic heterocycles. The van der Waals surface area contributed by atoms with Crippen LogP contribution >= 0.6 is 0 Å². The lowest BCUT2D eigenvalue weighted by Crippen LogP contribution is -2.26. The summed E-state index contributed by atoms with van der Waals surface area (Å²) in [5.41, 5.74) is 10.6. The molecule has 138 valence electrons. The van der Waals surface area contributed by atoms with E-state index in [2.05, 4.69) is 25.4 Å². The molecule has 0 aliphatic carbocycles. The summed E-state index contributed by atoms with van der Waals surface area (Å²) in [6, 6.07) is 13.7. The Bertz CT molecular complexity index is 968. The molecule has 3 N–H and O–H groups in total. The molecule has 3 rings (SSSR count). The second-order valence-corrected chi connectivity index (χ2v) is 5.57. The van der Waals surface area contributed by atoms with Gasteiger partial charge in [-0.1, -0.05) is 29.8 Å². The molecule has 0 atom stereocenters. The first-order valence-electron chi connectivity index (χ1n) is 7.88. The number of hydroxylamine groups is 1. The SMILES string of the molecule is Cc1ccc(N=C(NOCc2ccccc2[N+](=O)[O-])c2nonc2N)cc1. The van der Waals surface area contributed by atoms with E-state index in [1.165, 1.54) is 6.07 Å². The van der Waals surface area contributed by atoms with Crippen LogP contribution in [0.2, 0.25) is 0 Å². The Kier molecular flexibility index (Phi) is 5.38. The molecule has 0 amide bonds. The van der Waals surface area contributed by atoms with Crippen LogP contribution in [-0.2, 0) is 11.4 Å². The molecule has 2 aromatic carbocycles. The van der Waals surface area contributed by atoms with Crippen molar-refractivity contribution < 1.29 is 14.4 Å². The second kappa shape index (κ2) is 8.06. The topological polar surface area (TPSA) is 142 Å². The Morgan fingerprint density at radius 1 is 1.26 bits per heavy atom. The zero-order valence-corrected chi connectivity index (χ0v) is 14.3. The molecule has 27 heavy (non-hydrogen) atoms. The molecular formula is C17H16N6O4. The molecule has 0 spiro atoms. The number of hydrogen-bond acceptors (Lipinski definition) is 8. The Morgan fingerprint density at radius 3 is 2.67 bits per heavy atom. The van der Waals surface area contributed by atoms with E-state index in [9.17, 15) is 10.1 Å². The molecule has 0 radical (unpaired) electrons. The van der Waals surface area contributed by atoms with Crippen LogP contribution in [0, 0.1) is 17.0 Å². The summed E-state index contributed by atoms with van der Waals surface area (Å²) in [7, 11) is 0. The van der Waals surface area contributed by atoms with Gasteiger partial charge in [0.1, 0.15) is 6.61 Å². The van der Waals surface area contributed by atoms with Crippen molar-refractivity contribution in [3.05, 3.63) is 75.5 Å². The standard InChI is InChI=1S/C17H16N6O4/c1-11-6-8-13(9-7-11)19-17(15-16(18)21-27-20-15)22-26-10-12-4-2-3-5-14(12)23(24)25/h2-9H,10H2,1H3,(H2,18,21)(H,19,22). The molecule has 0 saturated carbocycles. The summed E-state index contributed by atoms with van der Waals surface area (Å²) < 4.78 is 4.61. The second-order valence-electron chi connectivity index (χ2n) is 5.57. The normalized spacial score (nSPS) is 11.4. The number of nitrogen functional groups attached to an aromatic ring is 1. The van der Waals surface area contributed by atoms with E-state index >= 15 is 0 Å². The molecule has 0 fully saturated rings. The van der Waals surface area contributed by atoms with Gasteiger partial charge in [-0.05, 0) is 35.4 Å². The number of nitrogens with zero attached hydrogens (tertiary/aromatic N) is 4. The number of nitro benzene ring substituents is 1. The van der Waals surface area contributed by atoms with Crippen molar-refractivity contribution in [1.82, 2.24) is 15.8 Å². The van der Waals surface area contributed by atoms with Crippen molar-refractivity contribution in [1.29, 1.82) is 0 Å². The predicted molar refractivity (Wildman–Crippen MR) is 97.1 cm³/mol. The molecule has 10 nitrogen and oxygen atoms in total. The summed E-state index contributed by atoms with van der Waals surface area (Å²) in [6.07, 6.45) is 0. The van der Waals surface area contributed by atoms with Gasteiger partial charge < -0.3 is 5.73 Å². The first-order chi connectivity index (χ1) is 13.0. The van der Waals surface area contributed by atoms with E-state index in [1.807, 2.05) is 31.2 Å². The zero-order chi connectivity index (χ0) is 19.2. The Labute approximate surface area is 153 Å².